The highest BCUT2D eigenvalue weighted by molar-refractivity contribution is 7.90. The maximum atomic E-state index is 12.5. The van der Waals surface area contributed by atoms with Gasteiger partial charge in [-0.2, -0.15) is 0 Å². The molecule has 0 unspecified atom stereocenters. The third-order valence-electron chi connectivity index (χ3n) is 4.50. The zero-order chi connectivity index (χ0) is 18.0. The summed E-state index contributed by atoms with van der Waals surface area (Å²) in [6.07, 6.45) is 4.73. The van der Waals surface area contributed by atoms with Gasteiger partial charge in [0, 0.05) is 18.3 Å². The van der Waals surface area contributed by atoms with Crippen LogP contribution in [0.25, 0.3) is 0 Å². The fraction of sp³-hybridized carbons (Fsp3) is 0.588. The summed E-state index contributed by atoms with van der Waals surface area (Å²) in [5.74, 6) is -0.351. The molecular formula is C17H25ClN2O3S. The van der Waals surface area contributed by atoms with E-state index in [2.05, 4.69) is 24.1 Å². The Hall–Kier alpha value is -1.11. The zero-order valence-corrected chi connectivity index (χ0v) is 16.0. The van der Waals surface area contributed by atoms with Crippen LogP contribution in [-0.4, -0.2) is 50.7 Å². The van der Waals surface area contributed by atoms with Crippen LogP contribution in [0.15, 0.2) is 23.1 Å². The zero-order valence-electron chi connectivity index (χ0n) is 14.4. The number of hydrogen-bond donors (Lipinski definition) is 1. The molecule has 1 N–H and O–H groups in total. The number of nitrogens with one attached hydrogen (secondary N) is 1. The van der Waals surface area contributed by atoms with Crippen LogP contribution in [-0.2, 0) is 9.84 Å². The maximum absolute atomic E-state index is 12.5. The van der Waals surface area contributed by atoms with Crippen molar-refractivity contribution < 1.29 is 13.2 Å². The lowest BCUT2D eigenvalue weighted by molar-refractivity contribution is 0.0797. The van der Waals surface area contributed by atoms with Crippen LogP contribution in [0.4, 0.5) is 0 Å². The summed E-state index contributed by atoms with van der Waals surface area (Å²) in [5.41, 5.74) is 0.0332. The predicted molar refractivity (Wildman–Crippen MR) is 96.4 cm³/mol. The van der Waals surface area contributed by atoms with Gasteiger partial charge in [-0.1, -0.05) is 18.0 Å². The molecule has 24 heavy (non-hydrogen) atoms. The molecule has 1 aromatic rings. The van der Waals surface area contributed by atoms with Crippen molar-refractivity contribution in [3.63, 3.8) is 0 Å². The van der Waals surface area contributed by atoms with Crippen LogP contribution in [0, 0.1) is 0 Å². The number of amides is 1. The molecule has 0 radical (unpaired) electrons. The highest BCUT2D eigenvalue weighted by Crippen LogP contribution is 2.22. The molecule has 1 fully saturated rings. The molecule has 2 rings (SSSR count). The van der Waals surface area contributed by atoms with Crippen molar-refractivity contribution in [3.05, 3.63) is 28.8 Å². The van der Waals surface area contributed by atoms with Crippen molar-refractivity contribution in [2.75, 3.05) is 25.9 Å². The first kappa shape index (κ1) is 19.2. The van der Waals surface area contributed by atoms with Gasteiger partial charge < -0.3 is 5.32 Å². The SMILES string of the molecule is CC(C)(CNC(=O)c1cc(S(C)(=O)=O)ccc1Cl)N1CCCCC1. The molecule has 5 nitrogen and oxygen atoms in total. The summed E-state index contributed by atoms with van der Waals surface area (Å²) in [4.78, 5) is 14.9. The summed E-state index contributed by atoms with van der Waals surface area (Å²) in [6.45, 7) is 6.76. The monoisotopic (exact) mass is 372 g/mol. The number of rotatable bonds is 5. The van der Waals surface area contributed by atoms with E-state index in [0.29, 0.717) is 6.54 Å². The first-order valence-electron chi connectivity index (χ1n) is 8.14. The highest BCUT2D eigenvalue weighted by Gasteiger charge is 2.28. The van der Waals surface area contributed by atoms with Crippen molar-refractivity contribution in [2.45, 2.75) is 43.5 Å². The van der Waals surface area contributed by atoms with Crippen LogP contribution in [0.2, 0.25) is 5.02 Å². The number of carbonyl (C=O) groups excluding carboxylic acids is 1. The largest absolute Gasteiger partial charge is 0.350 e. The highest BCUT2D eigenvalue weighted by atomic mass is 35.5. The molecule has 7 heteroatoms. The lowest BCUT2D eigenvalue weighted by Gasteiger charge is -2.41. The quantitative estimate of drug-likeness (QED) is 0.863. The van der Waals surface area contributed by atoms with Gasteiger partial charge in [0.1, 0.15) is 0 Å². The summed E-state index contributed by atoms with van der Waals surface area (Å²) < 4.78 is 23.3. The molecule has 134 valence electrons. The minimum atomic E-state index is -3.38. The third-order valence-corrected chi connectivity index (χ3v) is 5.94. The van der Waals surface area contributed by atoms with E-state index in [-0.39, 0.29) is 26.9 Å². The number of piperidine rings is 1. The molecule has 1 aliphatic rings. The van der Waals surface area contributed by atoms with Crippen molar-refractivity contribution >= 4 is 27.3 Å². The molecule has 1 aromatic carbocycles. The Morgan fingerprint density at radius 1 is 1.25 bits per heavy atom. The minimum absolute atomic E-state index is 0.0901. The Morgan fingerprint density at radius 3 is 2.46 bits per heavy atom. The Bertz CT molecular complexity index is 711. The minimum Gasteiger partial charge on any atom is -0.350 e. The molecule has 1 saturated heterocycles. The molecule has 0 bridgehead atoms. The number of carbonyl (C=O) groups is 1. The van der Waals surface area contributed by atoms with E-state index in [1.165, 1.54) is 37.5 Å². The van der Waals surface area contributed by atoms with Crippen molar-refractivity contribution in [3.8, 4) is 0 Å². The fourth-order valence-corrected chi connectivity index (χ4v) is 3.76. The molecule has 0 spiro atoms. The molecule has 1 amide bonds. The van der Waals surface area contributed by atoms with Gasteiger partial charge in [-0.25, -0.2) is 8.42 Å². The van der Waals surface area contributed by atoms with E-state index in [1.54, 1.807) is 0 Å². The number of sulfone groups is 1. The van der Waals surface area contributed by atoms with Crippen LogP contribution in [0.1, 0.15) is 43.5 Å². The van der Waals surface area contributed by atoms with Gasteiger partial charge in [0.2, 0.25) is 0 Å². The first-order chi connectivity index (χ1) is 11.1. The number of hydrogen-bond acceptors (Lipinski definition) is 4. The molecule has 0 atom stereocenters. The molecule has 1 heterocycles. The maximum Gasteiger partial charge on any atom is 0.252 e. The van der Waals surface area contributed by atoms with Gasteiger partial charge >= 0.3 is 0 Å². The lowest BCUT2D eigenvalue weighted by Crippen LogP contribution is -2.53. The second-order valence-electron chi connectivity index (χ2n) is 6.96. The Kier molecular flexibility index (Phi) is 5.94. The van der Waals surface area contributed by atoms with Gasteiger partial charge in [-0.15, -0.1) is 0 Å². The molecule has 1 aliphatic heterocycles. The van der Waals surface area contributed by atoms with Gasteiger partial charge in [0.15, 0.2) is 9.84 Å². The molecular weight excluding hydrogens is 348 g/mol. The number of likely N-dealkylation sites (tertiary alicyclic amines) is 1. The van der Waals surface area contributed by atoms with Crippen molar-refractivity contribution in [1.29, 1.82) is 0 Å². The fourth-order valence-electron chi connectivity index (χ4n) is 2.91. The standard InChI is InChI=1S/C17H25ClN2O3S/c1-17(2,20-9-5-4-6-10-20)12-19-16(21)14-11-13(24(3,22)23)7-8-15(14)18/h7-8,11H,4-6,9-10,12H2,1-3H3,(H,19,21). The summed E-state index contributed by atoms with van der Waals surface area (Å²) >= 11 is 6.07. The predicted octanol–water partition coefficient (Wildman–Crippen LogP) is 2.74. The van der Waals surface area contributed by atoms with E-state index in [1.807, 2.05) is 0 Å². The van der Waals surface area contributed by atoms with E-state index >= 15 is 0 Å². The number of benzene rings is 1. The van der Waals surface area contributed by atoms with Gasteiger partial charge in [-0.05, 0) is 58.0 Å². The average Bonchev–Trinajstić information content (AvgIpc) is 2.53. The number of nitrogens with zero attached hydrogens (tertiary/aromatic N) is 1. The van der Waals surface area contributed by atoms with E-state index < -0.39 is 9.84 Å². The van der Waals surface area contributed by atoms with Crippen LogP contribution >= 0.6 is 11.6 Å². The Morgan fingerprint density at radius 2 is 1.88 bits per heavy atom. The lowest BCUT2D eigenvalue weighted by atomic mass is 9.98. The van der Waals surface area contributed by atoms with Crippen molar-refractivity contribution in [1.82, 2.24) is 10.2 Å². The van der Waals surface area contributed by atoms with E-state index in [0.717, 1.165) is 19.3 Å². The van der Waals surface area contributed by atoms with Crippen LogP contribution < -0.4 is 5.32 Å². The average molecular weight is 373 g/mol. The van der Waals surface area contributed by atoms with Crippen molar-refractivity contribution in [2.24, 2.45) is 0 Å². The normalized spacial score (nSPS) is 16.8. The van der Waals surface area contributed by atoms with Gasteiger partial charge in [-0.3, -0.25) is 9.69 Å². The van der Waals surface area contributed by atoms with E-state index in [9.17, 15) is 13.2 Å². The second kappa shape index (κ2) is 7.42. The number of halogens is 1. The summed E-state index contributed by atoms with van der Waals surface area (Å²) in [5, 5.41) is 3.14. The van der Waals surface area contributed by atoms with Crippen LogP contribution in [0.5, 0.6) is 0 Å². The molecule has 0 saturated carbocycles. The van der Waals surface area contributed by atoms with Gasteiger partial charge in [0.05, 0.1) is 15.5 Å². The van der Waals surface area contributed by atoms with Gasteiger partial charge in [0.25, 0.3) is 5.91 Å². The Labute approximate surface area is 149 Å². The Balaban J connectivity index is 2.09. The van der Waals surface area contributed by atoms with E-state index in [4.69, 9.17) is 11.6 Å². The summed E-state index contributed by atoms with van der Waals surface area (Å²) in [7, 11) is -3.38. The summed E-state index contributed by atoms with van der Waals surface area (Å²) in [6, 6.07) is 4.19. The second-order valence-corrected chi connectivity index (χ2v) is 9.38. The molecule has 0 aliphatic carbocycles. The first-order valence-corrected chi connectivity index (χ1v) is 10.4. The van der Waals surface area contributed by atoms with Crippen LogP contribution in [0.3, 0.4) is 0 Å². The third kappa shape index (κ3) is 4.71. The topological polar surface area (TPSA) is 66.5 Å². The molecule has 0 aromatic heterocycles. The smallest absolute Gasteiger partial charge is 0.252 e.